The van der Waals surface area contributed by atoms with Gasteiger partial charge in [0.15, 0.2) is 0 Å². The van der Waals surface area contributed by atoms with Crippen molar-refractivity contribution in [3.8, 4) is 0 Å². The Balaban J connectivity index is 1.40. The second-order valence-electron chi connectivity index (χ2n) is 6.72. The average Bonchev–Trinajstić information content (AvgIpc) is 3.32. The molecule has 1 fully saturated rings. The molecular weight excluding hydrogens is 316 g/mol. The number of anilines is 1. The van der Waals surface area contributed by atoms with Crippen LogP contribution < -0.4 is 10.2 Å². The molecule has 6 heteroatoms. The van der Waals surface area contributed by atoms with Crippen LogP contribution in [0.3, 0.4) is 0 Å². The topological polar surface area (TPSA) is 63.3 Å². The van der Waals surface area contributed by atoms with Crippen LogP contribution in [0.25, 0.3) is 11.0 Å². The van der Waals surface area contributed by atoms with Crippen molar-refractivity contribution >= 4 is 22.6 Å². The molecule has 0 aliphatic carbocycles. The predicted octanol–water partition coefficient (Wildman–Crippen LogP) is 2.66. The summed E-state index contributed by atoms with van der Waals surface area (Å²) in [6.07, 6.45) is 4.80. The number of fused-ring (bicyclic) bond motifs is 1. The van der Waals surface area contributed by atoms with Crippen LogP contribution in [0.4, 0.5) is 5.69 Å². The lowest BCUT2D eigenvalue weighted by Crippen LogP contribution is -2.39. The molecule has 130 valence electrons. The zero-order valence-corrected chi connectivity index (χ0v) is 14.5. The van der Waals surface area contributed by atoms with E-state index in [1.165, 1.54) is 0 Å². The molecule has 2 atom stereocenters. The van der Waals surface area contributed by atoms with Gasteiger partial charge < -0.3 is 14.6 Å². The third kappa shape index (κ3) is 3.12. The number of benzene rings is 1. The number of aryl methyl sites for hydroxylation is 1. The average molecular weight is 338 g/mol. The van der Waals surface area contributed by atoms with E-state index in [4.69, 9.17) is 4.42 Å². The van der Waals surface area contributed by atoms with Crippen molar-refractivity contribution in [1.29, 1.82) is 0 Å². The fourth-order valence-corrected chi connectivity index (χ4v) is 3.36. The van der Waals surface area contributed by atoms with Crippen LogP contribution in [0.2, 0.25) is 0 Å². The number of para-hydroxylation sites is 1. The fraction of sp³-hybridized carbons (Fsp3) is 0.368. The van der Waals surface area contributed by atoms with Crippen LogP contribution in [-0.2, 0) is 11.8 Å². The quantitative estimate of drug-likeness (QED) is 0.794. The van der Waals surface area contributed by atoms with Crippen molar-refractivity contribution in [1.82, 2.24) is 15.1 Å². The Labute approximate surface area is 146 Å². The van der Waals surface area contributed by atoms with Gasteiger partial charge in [-0.05, 0) is 25.5 Å². The number of hydrogen-bond donors (Lipinski definition) is 1. The van der Waals surface area contributed by atoms with E-state index in [1.807, 2.05) is 56.7 Å². The number of carbonyl (C=O) groups is 1. The molecule has 1 N–H and O–H groups in total. The summed E-state index contributed by atoms with van der Waals surface area (Å²) in [4.78, 5) is 14.9. The lowest BCUT2D eigenvalue weighted by atomic mass is 10.1. The van der Waals surface area contributed by atoms with E-state index in [0.717, 1.165) is 36.2 Å². The monoisotopic (exact) mass is 338 g/mol. The van der Waals surface area contributed by atoms with Crippen LogP contribution in [0, 0.1) is 0 Å². The number of hydrogen-bond acceptors (Lipinski definition) is 4. The number of amides is 1. The Hall–Kier alpha value is -2.76. The van der Waals surface area contributed by atoms with Crippen molar-refractivity contribution < 1.29 is 9.21 Å². The Morgan fingerprint density at radius 2 is 2.24 bits per heavy atom. The lowest BCUT2D eigenvalue weighted by Gasteiger charge is -2.18. The molecule has 1 aromatic carbocycles. The number of nitrogens with zero attached hydrogens (tertiary/aromatic N) is 3. The largest absolute Gasteiger partial charge is 0.460 e. The van der Waals surface area contributed by atoms with Crippen LogP contribution in [0.15, 0.2) is 47.1 Å². The molecule has 25 heavy (non-hydrogen) atoms. The van der Waals surface area contributed by atoms with Gasteiger partial charge in [0.05, 0.1) is 17.8 Å². The summed E-state index contributed by atoms with van der Waals surface area (Å²) >= 11 is 0. The summed E-state index contributed by atoms with van der Waals surface area (Å²) in [5.74, 6) is 0.415. The lowest BCUT2D eigenvalue weighted by molar-refractivity contribution is -0.123. The Morgan fingerprint density at radius 3 is 3.00 bits per heavy atom. The van der Waals surface area contributed by atoms with E-state index in [0.29, 0.717) is 5.76 Å². The first-order valence-electron chi connectivity index (χ1n) is 8.62. The Kier molecular flexibility index (Phi) is 3.95. The maximum atomic E-state index is 12.6. The minimum atomic E-state index is -0.306. The van der Waals surface area contributed by atoms with Crippen LogP contribution in [-0.4, -0.2) is 34.8 Å². The summed E-state index contributed by atoms with van der Waals surface area (Å²) in [5, 5.41) is 8.40. The zero-order valence-electron chi connectivity index (χ0n) is 14.5. The number of aromatic nitrogens is 2. The maximum Gasteiger partial charge on any atom is 0.230 e. The van der Waals surface area contributed by atoms with Crippen molar-refractivity contribution in [2.45, 2.75) is 25.3 Å². The molecule has 0 spiro atoms. The number of furan rings is 1. The maximum absolute atomic E-state index is 12.6. The van der Waals surface area contributed by atoms with Crippen LogP contribution in [0.5, 0.6) is 0 Å². The highest BCUT2D eigenvalue weighted by Crippen LogP contribution is 2.26. The molecule has 1 amide bonds. The molecule has 1 aliphatic heterocycles. The summed E-state index contributed by atoms with van der Waals surface area (Å²) < 4.78 is 7.62. The van der Waals surface area contributed by atoms with Gasteiger partial charge in [-0.25, -0.2) is 0 Å². The molecule has 1 saturated heterocycles. The van der Waals surface area contributed by atoms with Crippen molar-refractivity contribution in [2.75, 3.05) is 18.0 Å². The molecule has 4 rings (SSSR count). The first-order chi connectivity index (χ1) is 12.1. The Bertz CT molecular complexity index is 865. The number of rotatable bonds is 4. The number of carbonyl (C=O) groups excluding carboxylic acids is 1. The van der Waals surface area contributed by atoms with Gasteiger partial charge in [-0.2, -0.15) is 5.10 Å². The molecule has 0 saturated carbocycles. The summed E-state index contributed by atoms with van der Waals surface area (Å²) in [6, 6.07) is 9.93. The van der Waals surface area contributed by atoms with Gasteiger partial charge in [-0.15, -0.1) is 0 Å². The fourth-order valence-electron chi connectivity index (χ4n) is 3.36. The normalized spacial score (nSPS) is 18.6. The summed E-state index contributed by atoms with van der Waals surface area (Å²) in [6.45, 7) is 3.63. The van der Waals surface area contributed by atoms with E-state index < -0.39 is 0 Å². The zero-order chi connectivity index (χ0) is 17.4. The molecule has 6 nitrogen and oxygen atoms in total. The highest BCUT2D eigenvalue weighted by molar-refractivity contribution is 5.85. The van der Waals surface area contributed by atoms with Gasteiger partial charge in [0.2, 0.25) is 5.91 Å². The van der Waals surface area contributed by atoms with Crippen molar-refractivity contribution in [3.05, 3.63) is 48.5 Å². The second-order valence-corrected chi connectivity index (χ2v) is 6.72. The first-order valence-corrected chi connectivity index (χ1v) is 8.62. The highest BCUT2D eigenvalue weighted by atomic mass is 16.3. The summed E-state index contributed by atoms with van der Waals surface area (Å²) in [5.41, 5.74) is 1.92. The van der Waals surface area contributed by atoms with E-state index in [9.17, 15) is 4.79 Å². The second kappa shape index (κ2) is 6.27. The first kappa shape index (κ1) is 15.7. The number of nitrogens with one attached hydrogen (secondary N) is 1. The molecule has 0 radical (unpaired) electrons. The van der Waals surface area contributed by atoms with E-state index >= 15 is 0 Å². The molecular formula is C19H22N4O2. The van der Waals surface area contributed by atoms with Crippen molar-refractivity contribution in [2.24, 2.45) is 7.05 Å². The minimum absolute atomic E-state index is 0.0112. The molecule has 0 unspecified atom stereocenters. The SMILES string of the molecule is C[C@H](C(=O)N[C@H]1CCN(c2cnn(C)c2)C1)c1cc2ccccc2o1. The smallest absolute Gasteiger partial charge is 0.230 e. The minimum Gasteiger partial charge on any atom is -0.460 e. The third-order valence-electron chi connectivity index (χ3n) is 4.86. The van der Waals surface area contributed by atoms with Crippen LogP contribution in [0.1, 0.15) is 25.0 Å². The van der Waals surface area contributed by atoms with Gasteiger partial charge >= 0.3 is 0 Å². The highest BCUT2D eigenvalue weighted by Gasteiger charge is 2.27. The van der Waals surface area contributed by atoms with Crippen molar-refractivity contribution in [3.63, 3.8) is 0 Å². The van der Waals surface area contributed by atoms with Gasteiger partial charge in [0, 0.05) is 37.8 Å². The van der Waals surface area contributed by atoms with E-state index in [-0.39, 0.29) is 17.9 Å². The molecule has 1 aliphatic rings. The Morgan fingerprint density at radius 1 is 1.40 bits per heavy atom. The summed E-state index contributed by atoms with van der Waals surface area (Å²) in [7, 11) is 1.91. The van der Waals surface area contributed by atoms with Gasteiger partial charge in [0.25, 0.3) is 0 Å². The molecule has 3 heterocycles. The molecule has 3 aromatic rings. The van der Waals surface area contributed by atoms with Gasteiger partial charge in [-0.1, -0.05) is 18.2 Å². The third-order valence-corrected chi connectivity index (χ3v) is 4.86. The predicted molar refractivity (Wildman–Crippen MR) is 96.6 cm³/mol. The van der Waals surface area contributed by atoms with Crippen LogP contribution >= 0.6 is 0 Å². The van der Waals surface area contributed by atoms with E-state index in [2.05, 4.69) is 15.3 Å². The molecule has 0 bridgehead atoms. The van der Waals surface area contributed by atoms with E-state index in [1.54, 1.807) is 4.68 Å². The van der Waals surface area contributed by atoms with Gasteiger partial charge in [0.1, 0.15) is 11.3 Å². The molecule has 2 aromatic heterocycles. The standard InChI is InChI=1S/C19H22N4O2/c1-13(18-9-14-5-3-4-6-17(14)25-18)19(24)21-15-7-8-23(11-15)16-10-20-22(2)12-16/h3-6,9-10,12-13,15H,7-8,11H2,1-2H3,(H,21,24)/t13-,15-/m0/s1. The van der Waals surface area contributed by atoms with Gasteiger partial charge in [-0.3, -0.25) is 9.48 Å².